The summed E-state index contributed by atoms with van der Waals surface area (Å²) in [5.41, 5.74) is 5.12. The third kappa shape index (κ3) is 3.74. The third-order valence-corrected chi connectivity index (χ3v) is 3.35. The molecule has 0 spiro atoms. The standard InChI is InChI=1S/C10H18N2O2S/c1-15-7-8(4-5-9(11)13)12-6-2-3-10(12)14/h8H,2-7H2,1H3,(H2,11,13). The van der Waals surface area contributed by atoms with Crippen molar-refractivity contribution in [2.24, 2.45) is 5.73 Å². The summed E-state index contributed by atoms with van der Waals surface area (Å²) in [5, 5.41) is 0. The van der Waals surface area contributed by atoms with Crippen LogP contribution in [-0.2, 0) is 9.59 Å². The maximum Gasteiger partial charge on any atom is 0.222 e. The zero-order valence-corrected chi connectivity index (χ0v) is 9.89. The average Bonchev–Trinajstić information content (AvgIpc) is 2.59. The lowest BCUT2D eigenvalue weighted by atomic mass is 10.1. The molecule has 1 rings (SSSR count). The topological polar surface area (TPSA) is 63.4 Å². The van der Waals surface area contributed by atoms with Crippen LogP contribution >= 0.6 is 11.8 Å². The van der Waals surface area contributed by atoms with E-state index in [1.54, 1.807) is 11.8 Å². The predicted octanol–water partition coefficient (Wildman–Crippen LogP) is 0.606. The Hall–Kier alpha value is -0.710. The lowest BCUT2D eigenvalue weighted by Gasteiger charge is -2.26. The molecule has 0 radical (unpaired) electrons. The van der Waals surface area contributed by atoms with Crippen molar-refractivity contribution in [1.82, 2.24) is 4.90 Å². The Kier molecular flexibility index (Phi) is 4.94. The second-order valence-electron chi connectivity index (χ2n) is 3.80. The van der Waals surface area contributed by atoms with Crippen molar-refractivity contribution in [2.45, 2.75) is 31.7 Å². The van der Waals surface area contributed by atoms with Crippen LogP contribution in [0, 0.1) is 0 Å². The number of hydrogen-bond donors (Lipinski definition) is 1. The molecule has 0 aromatic rings. The van der Waals surface area contributed by atoms with E-state index in [0.717, 1.165) is 18.7 Å². The first-order chi connectivity index (χ1) is 7.15. The van der Waals surface area contributed by atoms with Gasteiger partial charge in [0.25, 0.3) is 0 Å². The van der Waals surface area contributed by atoms with Gasteiger partial charge < -0.3 is 10.6 Å². The zero-order valence-electron chi connectivity index (χ0n) is 9.07. The molecule has 86 valence electrons. The van der Waals surface area contributed by atoms with E-state index < -0.39 is 0 Å². The summed E-state index contributed by atoms with van der Waals surface area (Å²) < 4.78 is 0. The zero-order chi connectivity index (χ0) is 11.3. The van der Waals surface area contributed by atoms with Crippen LogP contribution in [0.5, 0.6) is 0 Å². The molecule has 1 aliphatic rings. The van der Waals surface area contributed by atoms with Gasteiger partial charge in [-0.3, -0.25) is 9.59 Å². The molecule has 4 nitrogen and oxygen atoms in total. The van der Waals surface area contributed by atoms with E-state index in [1.807, 2.05) is 11.2 Å². The van der Waals surface area contributed by atoms with Crippen molar-refractivity contribution in [2.75, 3.05) is 18.6 Å². The third-order valence-electron chi connectivity index (χ3n) is 2.63. The summed E-state index contributed by atoms with van der Waals surface area (Å²) in [6.07, 6.45) is 4.68. The molecular weight excluding hydrogens is 212 g/mol. The molecule has 0 aromatic carbocycles. The van der Waals surface area contributed by atoms with Gasteiger partial charge in [-0.2, -0.15) is 11.8 Å². The largest absolute Gasteiger partial charge is 0.370 e. The number of hydrogen-bond acceptors (Lipinski definition) is 3. The summed E-state index contributed by atoms with van der Waals surface area (Å²) >= 11 is 1.70. The van der Waals surface area contributed by atoms with E-state index >= 15 is 0 Å². The molecule has 0 bridgehead atoms. The van der Waals surface area contributed by atoms with E-state index in [9.17, 15) is 9.59 Å². The van der Waals surface area contributed by atoms with Crippen LogP contribution in [0.3, 0.4) is 0 Å². The predicted molar refractivity (Wildman–Crippen MR) is 61.5 cm³/mol. The second kappa shape index (κ2) is 6.00. The van der Waals surface area contributed by atoms with Crippen LogP contribution in [0.2, 0.25) is 0 Å². The van der Waals surface area contributed by atoms with Gasteiger partial charge in [-0.15, -0.1) is 0 Å². The Morgan fingerprint density at radius 2 is 2.40 bits per heavy atom. The van der Waals surface area contributed by atoms with E-state index in [4.69, 9.17) is 5.73 Å². The van der Waals surface area contributed by atoms with E-state index in [-0.39, 0.29) is 17.9 Å². The molecule has 2 N–H and O–H groups in total. The van der Waals surface area contributed by atoms with Crippen LogP contribution in [0.4, 0.5) is 0 Å². The fourth-order valence-corrected chi connectivity index (χ4v) is 2.62. The minimum atomic E-state index is -0.284. The number of likely N-dealkylation sites (tertiary alicyclic amines) is 1. The molecule has 0 aromatic heterocycles. The molecule has 15 heavy (non-hydrogen) atoms. The quantitative estimate of drug-likeness (QED) is 0.727. The van der Waals surface area contributed by atoms with Gasteiger partial charge in [-0.05, 0) is 19.1 Å². The molecule has 1 heterocycles. The monoisotopic (exact) mass is 230 g/mol. The van der Waals surface area contributed by atoms with Crippen LogP contribution in [0.15, 0.2) is 0 Å². The van der Waals surface area contributed by atoms with Crippen molar-refractivity contribution in [3.05, 3.63) is 0 Å². The molecular formula is C10H18N2O2S. The molecule has 0 saturated carbocycles. The maximum atomic E-state index is 11.5. The number of nitrogens with two attached hydrogens (primary N) is 1. The molecule has 1 aliphatic heterocycles. The Labute approximate surface area is 94.6 Å². The lowest BCUT2D eigenvalue weighted by Crippen LogP contribution is -2.38. The highest BCUT2D eigenvalue weighted by atomic mass is 32.2. The Bertz CT molecular complexity index is 246. The average molecular weight is 230 g/mol. The summed E-state index contributed by atoms with van der Waals surface area (Å²) in [5.74, 6) is 0.824. The van der Waals surface area contributed by atoms with Gasteiger partial charge in [0.1, 0.15) is 0 Å². The molecule has 2 amide bonds. The Morgan fingerprint density at radius 1 is 1.67 bits per heavy atom. The Morgan fingerprint density at radius 3 is 2.87 bits per heavy atom. The van der Waals surface area contributed by atoms with Crippen molar-refractivity contribution < 1.29 is 9.59 Å². The second-order valence-corrected chi connectivity index (χ2v) is 4.72. The number of thioether (sulfide) groups is 1. The molecule has 1 atom stereocenters. The van der Waals surface area contributed by atoms with E-state index in [1.165, 1.54) is 0 Å². The highest BCUT2D eigenvalue weighted by Crippen LogP contribution is 2.19. The first-order valence-corrected chi connectivity index (χ1v) is 6.61. The van der Waals surface area contributed by atoms with Gasteiger partial charge in [-0.25, -0.2) is 0 Å². The minimum Gasteiger partial charge on any atom is -0.370 e. The fraction of sp³-hybridized carbons (Fsp3) is 0.800. The summed E-state index contributed by atoms with van der Waals surface area (Å²) in [4.78, 5) is 24.2. The van der Waals surface area contributed by atoms with Crippen LogP contribution in [-0.4, -0.2) is 41.3 Å². The number of carbonyl (C=O) groups excluding carboxylic acids is 2. The Balaban J connectivity index is 2.48. The fourth-order valence-electron chi connectivity index (χ4n) is 1.89. The molecule has 0 aliphatic carbocycles. The smallest absolute Gasteiger partial charge is 0.222 e. The maximum absolute atomic E-state index is 11.5. The number of primary amides is 1. The first-order valence-electron chi connectivity index (χ1n) is 5.22. The summed E-state index contributed by atoms with van der Waals surface area (Å²) in [6, 6.07) is 0.183. The normalized spacial score (nSPS) is 18.2. The van der Waals surface area contributed by atoms with Crippen LogP contribution < -0.4 is 5.73 Å². The van der Waals surface area contributed by atoms with E-state index in [0.29, 0.717) is 19.3 Å². The van der Waals surface area contributed by atoms with E-state index in [2.05, 4.69) is 0 Å². The van der Waals surface area contributed by atoms with Gasteiger partial charge in [0.15, 0.2) is 0 Å². The molecule has 1 saturated heterocycles. The van der Waals surface area contributed by atoms with Gasteiger partial charge in [-0.1, -0.05) is 0 Å². The van der Waals surface area contributed by atoms with Gasteiger partial charge in [0.05, 0.1) is 0 Å². The van der Waals surface area contributed by atoms with Gasteiger partial charge in [0, 0.05) is 31.2 Å². The van der Waals surface area contributed by atoms with Crippen molar-refractivity contribution in [1.29, 1.82) is 0 Å². The number of rotatable bonds is 6. The SMILES string of the molecule is CSCC(CCC(N)=O)N1CCCC1=O. The lowest BCUT2D eigenvalue weighted by molar-refractivity contribution is -0.130. The molecule has 1 fully saturated rings. The number of amides is 2. The van der Waals surface area contributed by atoms with Crippen LogP contribution in [0.1, 0.15) is 25.7 Å². The number of nitrogens with zero attached hydrogens (tertiary/aromatic N) is 1. The molecule has 1 unspecified atom stereocenters. The van der Waals surface area contributed by atoms with Crippen LogP contribution in [0.25, 0.3) is 0 Å². The molecule has 5 heteroatoms. The number of carbonyl (C=O) groups is 2. The summed E-state index contributed by atoms with van der Waals surface area (Å²) in [6.45, 7) is 0.836. The van der Waals surface area contributed by atoms with Gasteiger partial charge in [0.2, 0.25) is 11.8 Å². The highest BCUT2D eigenvalue weighted by Gasteiger charge is 2.27. The van der Waals surface area contributed by atoms with Gasteiger partial charge >= 0.3 is 0 Å². The summed E-state index contributed by atoms with van der Waals surface area (Å²) in [7, 11) is 0. The van der Waals surface area contributed by atoms with Crippen molar-refractivity contribution in [3.63, 3.8) is 0 Å². The van der Waals surface area contributed by atoms with Crippen molar-refractivity contribution in [3.8, 4) is 0 Å². The minimum absolute atomic E-state index is 0.183. The van der Waals surface area contributed by atoms with Crippen molar-refractivity contribution >= 4 is 23.6 Å². The highest BCUT2D eigenvalue weighted by molar-refractivity contribution is 7.98. The first kappa shape index (κ1) is 12.4.